The van der Waals surface area contributed by atoms with Crippen LogP contribution in [0.5, 0.6) is 0 Å². The summed E-state index contributed by atoms with van der Waals surface area (Å²) in [4.78, 5) is 0. The lowest BCUT2D eigenvalue weighted by Crippen LogP contribution is -2.76. The van der Waals surface area contributed by atoms with E-state index in [0.29, 0.717) is 0 Å². The maximum atomic E-state index is 13.7. The van der Waals surface area contributed by atoms with Gasteiger partial charge < -0.3 is 0 Å². The largest absolute Gasteiger partial charge is 0.460 e. The Morgan fingerprint density at radius 1 is 0.370 bits per heavy atom. The van der Waals surface area contributed by atoms with Gasteiger partial charge in [0.1, 0.15) is 0 Å². The van der Waals surface area contributed by atoms with Crippen molar-refractivity contribution in [3.05, 3.63) is 23.3 Å². The zero-order chi connectivity index (χ0) is 38.3. The van der Waals surface area contributed by atoms with Gasteiger partial charge in [-0.05, 0) is 0 Å². The summed E-state index contributed by atoms with van der Waals surface area (Å²) in [6.45, 7) is 0. The lowest BCUT2D eigenvalue weighted by atomic mass is 9.86. The van der Waals surface area contributed by atoms with Gasteiger partial charge in [-0.3, -0.25) is 4.55 Å². The summed E-state index contributed by atoms with van der Waals surface area (Å²) in [5.74, 6) is -104. The van der Waals surface area contributed by atoms with Gasteiger partial charge in [0.25, 0.3) is 0 Å². The van der Waals surface area contributed by atoms with Crippen LogP contribution >= 0.6 is 0 Å². The van der Waals surface area contributed by atoms with Crippen LogP contribution in [-0.2, 0) is 10.1 Å². The molecule has 1 N–H and O–H groups in total. The molecule has 0 aromatic rings. The Kier molecular flexibility index (Phi) is 10.4. The fraction of sp³-hybridized carbons (Fsp3) is 0.733. The molecule has 0 amide bonds. The van der Waals surface area contributed by atoms with Crippen molar-refractivity contribution in [3.63, 3.8) is 0 Å². The highest BCUT2D eigenvalue weighted by molar-refractivity contribution is 7.87. The lowest BCUT2D eigenvalue weighted by molar-refractivity contribution is -0.473. The zero-order valence-corrected chi connectivity index (χ0v) is 20.2. The van der Waals surface area contributed by atoms with Crippen LogP contribution in [0.15, 0.2) is 23.3 Å². The Labute approximate surface area is 231 Å². The topological polar surface area (TPSA) is 54.4 Å². The highest BCUT2D eigenvalue weighted by Crippen LogP contribution is 2.66. The minimum absolute atomic E-state index is 4.87. The molecule has 0 unspecified atom stereocenters. The van der Waals surface area contributed by atoms with E-state index < -0.39 is 98.2 Å². The van der Waals surface area contributed by atoms with Gasteiger partial charge in [-0.25, -0.2) is 17.6 Å². The third kappa shape index (κ3) is 5.48. The van der Waals surface area contributed by atoms with Crippen LogP contribution in [0.4, 0.5) is 119 Å². The Morgan fingerprint density at radius 3 is 0.826 bits per heavy atom. The van der Waals surface area contributed by atoms with Crippen LogP contribution in [0.25, 0.3) is 0 Å². The Morgan fingerprint density at radius 2 is 0.587 bits per heavy atom. The second-order valence-electron chi connectivity index (χ2n) is 7.92. The molecule has 0 bridgehead atoms. The SMILES string of the molecule is O=S(=O)(O)C(F)(F)/C(F)=C(F)/C(F)=C(\F)C(F)(F)C(F)(F)C(F)(F)C(F)(F)C(F)(F)C(F)(F)C(F)(F)C(F)(F)C(F)(F)C(F)(F)F. The molecule has 0 aliphatic rings. The molecule has 0 radical (unpaired) electrons. The molecule has 31 heteroatoms. The lowest BCUT2D eigenvalue weighted by Gasteiger charge is -2.44. The molecule has 0 atom stereocenters. The van der Waals surface area contributed by atoms with Crippen molar-refractivity contribution in [1.29, 1.82) is 0 Å². The number of hydrogen-bond acceptors (Lipinski definition) is 2. The Balaban J connectivity index is 7.53. The molecule has 0 aliphatic carbocycles. The van der Waals surface area contributed by atoms with Gasteiger partial charge in [0, 0.05) is 0 Å². The molecule has 0 heterocycles. The molecule has 274 valence electrons. The van der Waals surface area contributed by atoms with E-state index in [0.717, 1.165) is 0 Å². The first-order valence-electron chi connectivity index (χ1n) is 9.32. The first-order chi connectivity index (χ1) is 19.4. The molecule has 0 aromatic carbocycles. The second kappa shape index (κ2) is 11.0. The highest BCUT2D eigenvalue weighted by atomic mass is 32.2. The summed E-state index contributed by atoms with van der Waals surface area (Å²) in [5.41, 5.74) is 0. The van der Waals surface area contributed by atoms with E-state index in [-0.39, 0.29) is 0 Å². The molecule has 0 spiro atoms. The molecule has 46 heavy (non-hydrogen) atoms. The van der Waals surface area contributed by atoms with E-state index in [1.54, 1.807) is 0 Å². The fourth-order valence-electron chi connectivity index (χ4n) is 2.27. The van der Waals surface area contributed by atoms with Gasteiger partial charge in [0.15, 0.2) is 5.83 Å². The summed E-state index contributed by atoms with van der Waals surface area (Å²) in [6.07, 6.45) is -8.24. The first-order valence-corrected chi connectivity index (χ1v) is 10.8. The predicted molar refractivity (Wildman–Crippen MR) is 85.6 cm³/mol. The third-order valence-corrected chi connectivity index (χ3v) is 5.77. The number of alkyl halides is 23. The van der Waals surface area contributed by atoms with Crippen molar-refractivity contribution in [2.75, 3.05) is 0 Å². The van der Waals surface area contributed by atoms with Gasteiger partial charge in [0.05, 0.1) is 0 Å². The van der Waals surface area contributed by atoms with Crippen LogP contribution < -0.4 is 0 Å². The average molecular weight is 774 g/mol. The summed E-state index contributed by atoms with van der Waals surface area (Å²) >= 11 is 0. The summed E-state index contributed by atoms with van der Waals surface area (Å²) < 4.78 is 384. The summed E-state index contributed by atoms with van der Waals surface area (Å²) in [6, 6.07) is 0. The molecule has 0 aliphatic heterocycles. The normalized spacial score (nSPS) is 17.6. The maximum absolute atomic E-state index is 13.7. The highest BCUT2D eigenvalue weighted by Gasteiger charge is 2.98. The van der Waals surface area contributed by atoms with E-state index in [9.17, 15) is 127 Å². The number of rotatable bonds is 12. The fourth-order valence-corrected chi connectivity index (χ4v) is 2.58. The van der Waals surface area contributed by atoms with Gasteiger partial charge in [-0.15, -0.1) is 0 Å². The Bertz CT molecular complexity index is 1350. The van der Waals surface area contributed by atoms with Crippen LogP contribution in [0, 0.1) is 0 Å². The van der Waals surface area contributed by atoms with Crippen molar-refractivity contribution in [2.45, 2.75) is 64.7 Å². The van der Waals surface area contributed by atoms with E-state index in [2.05, 4.69) is 0 Å². The van der Waals surface area contributed by atoms with Crippen LogP contribution in [0.3, 0.4) is 0 Å². The monoisotopic (exact) mass is 774 g/mol. The van der Waals surface area contributed by atoms with Gasteiger partial charge in [0.2, 0.25) is 17.5 Å². The van der Waals surface area contributed by atoms with Gasteiger partial charge in [-0.1, -0.05) is 0 Å². The van der Waals surface area contributed by atoms with Gasteiger partial charge >= 0.3 is 74.9 Å². The zero-order valence-electron chi connectivity index (χ0n) is 19.4. The van der Waals surface area contributed by atoms with Crippen molar-refractivity contribution in [3.8, 4) is 0 Å². The summed E-state index contributed by atoms with van der Waals surface area (Å²) in [5, 5.41) is -6.95. The standard InChI is InChI=1S/C15HF27O3S/c16-1(2(17)4(19)6(22,23)46(43,44)45)3(18)5(20,21)7(24,25)8(26,27)9(28,29)10(30,31)11(32,33)12(34,35)13(36,37)14(38,39)15(40,41)42/h(H,43,44,45)/b3-1+,4-2+. The maximum Gasteiger partial charge on any atom is 0.460 e. The van der Waals surface area contributed by atoms with E-state index in [1.165, 1.54) is 0 Å². The van der Waals surface area contributed by atoms with E-state index >= 15 is 0 Å². The average Bonchev–Trinajstić information content (AvgIpc) is 2.84. The van der Waals surface area contributed by atoms with Crippen molar-refractivity contribution < 1.29 is 132 Å². The first kappa shape index (κ1) is 43.5. The number of halogens is 27. The smallest absolute Gasteiger partial charge is 0.281 e. The van der Waals surface area contributed by atoms with Crippen LogP contribution in [-0.4, -0.2) is 77.7 Å². The molecule has 0 saturated heterocycles. The predicted octanol–water partition coefficient (Wildman–Crippen LogP) is 9.05. The number of hydrogen-bond donors (Lipinski definition) is 1. The van der Waals surface area contributed by atoms with Gasteiger partial charge in [-0.2, -0.15) is 109 Å². The van der Waals surface area contributed by atoms with Crippen molar-refractivity contribution >= 4 is 10.1 Å². The van der Waals surface area contributed by atoms with E-state index in [1.807, 2.05) is 0 Å². The number of allylic oxidation sites excluding steroid dienone is 3. The quantitative estimate of drug-likeness (QED) is 0.122. The van der Waals surface area contributed by atoms with Crippen LogP contribution in [0.1, 0.15) is 0 Å². The molecular formula is C15HF27O3S. The van der Waals surface area contributed by atoms with Crippen molar-refractivity contribution in [2.24, 2.45) is 0 Å². The molecular weight excluding hydrogens is 773 g/mol. The third-order valence-electron chi connectivity index (χ3n) is 4.94. The van der Waals surface area contributed by atoms with E-state index in [4.69, 9.17) is 4.55 Å². The van der Waals surface area contributed by atoms with Crippen LogP contribution in [0.2, 0.25) is 0 Å². The van der Waals surface area contributed by atoms with Crippen molar-refractivity contribution in [1.82, 2.24) is 0 Å². The Hall–Kier alpha value is -2.50. The summed E-state index contributed by atoms with van der Waals surface area (Å²) in [7, 11) is -7.43. The second-order valence-corrected chi connectivity index (χ2v) is 9.38. The minimum atomic E-state index is -9.70. The molecule has 0 fully saturated rings. The molecule has 0 saturated carbocycles. The molecule has 0 aromatic heterocycles. The molecule has 0 rings (SSSR count). The molecule has 3 nitrogen and oxygen atoms in total. The minimum Gasteiger partial charge on any atom is -0.281 e.